The Bertz CT molecular complexity index is 834. The number of nitrogens with one attached hydrogen (secondary N) is 3. The summed E-state index contributed by atoms with van der Waals surface area (Å²) in [6.45, 7) is 11.1. The van der Waals surface area contributed by atoms with Crippen molar-refractivity contribution in [2.45, 2.75) is 72.4 Å². The number of carbonyl (C=O) groups is 4. The van der Waals surface area contributed by atoms with E-state index >= 15 is 0 Å². The lowest BCUT2D eigenvalue weighted by Crippen LogP contribution is -2.45. The molecule has 0 aliphatic rings. The molecule has 0 bridgehead atoms. The van der Waals surface area contributed by atoms with Crippen LogP contribution in [0.15, 0.2) is 24.3 Å². The van der Waals surface area contributed by atoms with Crippen LogP contribution < -0.4 is 16.0 Å². The third-order valence-corrected chi connectivity index (χ3v) is 4.29. The number of rotatable bonds is 10. The largest absolute Gasteiger partial charge is 0.516 e. The zero-order valence-electron chi connectivity index (χ0n) is 20.9. The van der Waals surface area contributed by atoms with Crippen molar-refractivity contribution in [3.8, 4) is 0 Å². The highest BCUT2D eigenvalue weighted by Crippen LogP contribution is 2.13. The molecule has 0 fully saturated rings. The van der Waals surface area contributed by atoms with Gasteiger partial charge in [0.25, 0.3) is 0 Å². The van der Waals surface area contributed by atoms with Crippen LogP contribution in [0.4, 0.5) is 20.1 Å². The third-order valence-electron chi connectivity index (χ3n) is 4.29. The first-order valence-electron chi connectivity index (χ1n) is 11.4. The van der Waals surface area contributed by atoms with E-state index in [2.05, 4.69) is 16.0 Å². The number of unbranched alkanes of at least 4 members (excludes halogenated alkanes) is 1. The molecule has 34 heavy (non-hydrogen) atoms. The van der Waals surface area contributed by atoms with Crippen molar-refractivity contribution >= 4 is 29.9 Å². The maximum Gasteiger partial charge on any atom is 0.516 e. The molecule has 1 rings (SSSR count). The number of carbonyl (C=O) groups excluding carboxylic acids is 4. The standard InChI is InChI=1S/C24H37N3O7/c1-16(2)15-32-23(31)33-20(28)19(27-22(30)34-24(4,5)6)13-9-10-14-25-21(29)26-18-12-8-7-11-17(18)3/h7-8,11-12,16,19H,9-10,13-15H2,1-6H3,(H,27,30)(H2,25,26,29)/t19-/m0/s1. The van der Waals surface area contributed by atoms with Crippen molar-refractivity contribution in [1.29, 1.82) is 0 Å². The zero-order valence-corrected chi connectivity index (χ0v) is 20.9. The molecule has 1 aromatic rings. The van der Waals surface area contributed by atoms with E-state index in [0.717, 1.165) is 5.56 Å². The van der Waals surface area contributed by atoms with Gasteiger partial charge in [0.05, 0.1) is 6.61 Å². The number of anilines is 1. The smallest absolute Gasteiger partial charge is 0.444 e. The van der Waals surface area contributed by atoms with E-state index in [4.69, 9.17) is 14.2 Å². The fourth-order valence-corrected chi connectivity index (χ4v) is 2.67. The molecule has 0 aromatic heterocycles. The first-order valence-corrected chi connectivity index (χ1v) is 11.4. The summed E-state index contributed by atoms with van der Waals surface area (Å²) in [4.78, 5) is 48.4. The summed E-state index contributed by atoms with van der Waals surface area (Å²) in [6.07, 6.45) is -0.763. The van der Waals surface area contributed by atoms with Crippen molar-refractivity contribution in [3.63, 3.8) is 0 Å². The molecule has 190 valence electrons. The number of hydrogen-bond donors (Lipinski definition) is 3. The minimum absolute atomic E-state index is 0.0776. The number of hydrogen-bond acceptors (Lipinski definition) is 7. The summed E-state index contributed by atoms with van der Waals surface area (Å²) >= 11 is 0. The van der Waals surface area contributed by atoms with E-state index in [0.29, 0.717) is 25.1 Å². The first kappa shape index (κ1) is 28.7. The summed E-state index contributed by atoms with van der Waals surface area (Å²) in [6, 6.07) is 5.96. The Morgan fingerprint density at radius 3 is 2.32 bits per heavy atom. The predicted octanol–water partition coefficient (Wildman–Crippen LogP) is 4.52. The van der Waals surface area contributed by atoms with E-state index in [9.17, 15) is 19.2 Å². The van der Waals surface area contributed by atoms with Crippen molar-refractivity contribution in [1.82, 2.24) is 10.6 Å². The van der Waals surface area contributed by atoms with Crippen molar-refractivity contribution in [3.05, 3.63) is 29.8 Å². The maximum atomic E-state index is 12.4. The molecule has 10 nitrogen and oxygen atoms in total. The van der Waals surface area contributed by atoms with Crippen LogP contribution in [0.2, 0.25) is 0 Å². The molecular weight excluding hydrogens is 442 g/mol. The van der Waals surface area contributed by atoms with E-state index in [1.54, 1.807) is 26.8 Å². The van der Waals surface area contributed by atoms with Gasteiger partial charge in [0, 0.05) is 12.2 Å². The minimum atomic E-state index is -1.12. The summed E-state index contributed by atoms with van der Waals surface area (Å²) in [7, 11) is 0. The zero-order chi connectivity index (χ0) is 25.7. The molecule has 0 aliphatic carbocycles. The van der Waals surface area contributed by atoms with Gasteiger partial charge in [-0.2, -0.15) is 0 Å². The van der Waals surface area contributed by atoms with Gasteiger partial charge in [0.15, 0.2) is 0 Å². The maximum absolute atomic E-state index is 12.4. The van der Waals surface area contributed by atoms with Crippen LogP contribution in [-0.4, -0.2) is 49.0 Å². The number of benzene rings is 1. The summed E-state index contributed by atoms with van der Waals surface area (Å²) in [5.74, 6) is -0.862. The van der Waals surface area contributed by atoms with Crippen LogP contribution in [-0.2, 0) is 19.0 Å². The normalized spacial score (nSPS) is 11.9. The summed E-state index contributed by atoms with van der Waals surface area (Å²) < 4.78 is 14.8. The first-order chi connectivity index (χ1) is 15.9. The second kappa shape index (κ2) is 14.1. The molecule has 1 aromatic carbocycles. The van der Waals surface area contributed by atoms with Crippen LogP contribution in [0.3, 0.4) is 0 Å². The van der Waals surface area contributed by atoms with Gasteiger partial charge in [0.2, 0.25) is 0 Å². The number of alkyl carbamates (subject to hydrolysis) is 1. The highest BCUT2D eigenvalue weighted by molar-refractivity contribution is 5.90. The van der Waals surface area contributed by atoms with Crippen molar-refractivity contribution < 1.29 is 33.4 Å². The van der Waals surface area contributed by atoms with Gasteiger partial charge < -0.3 is 30.2 Å². The fraction of sp³-hybridized carbons (Fsp3) is 0.583. The van der Waals surface area contributed by atoms with E-state index in [-0.39, 0.29) is 25.0 Å². The average molecular weight is 480 g/mol. The SMILES string of the molecule is Cc1ccccc1NC(=O)NCCCC[C@H](NC(=O)OC(C)(C)C)C(=O)OC(=O)OCC(C)C. The molecule has 3 N–H and O–H groups in total. The molecule has 0 saturated carbocycles. The Morgan fingerprint density at radius 1 is 1.03 bits per heavy atom. The summed E-state index contributed by atoms with van der Waals surface area (Å²) in [5.41, 5.74) is 0.899. The monoisotopic (exact) mass is 479 g/mol. The van der Waals surface area contributed by atoms with E-state index in [1.807, 2.05) is 39.0 Å². The van der Waals surface area contributed by atoms with Crippen molar-refractivity contribution in [2.24, 2.45) is 5.92 Å². The van der Waals surface area contributed by atoms with Crippen LogP contribution >= 0.6 is 0 Å². The molecule has 0 saturated heterocycles. The topological polar surface area (TPSA) is 132 Å². The Labute approximate surface area is 201 Å². The molecule has 0 heterocycles. The van der Waals surface area contributed by atoms with Gasteiger partial charge in [-0.15, -0.1) is 0 Å². The Balaban J connectivity index is 2.54. The number of para-hydroxylation sites is 1. The lowest BCUT2D eigenvalue weighted by Gasteiger charge is -2.22. The highest BCUT2D eigenvalue weighted by atomic mass is 16.7. The van der Waals surface area contributed by atoms with Gasteiger partial charge >= 0.3 is 24.2 Å². The number of ether oxygens (including phenoxy) is 3. The van der Waals surface area contributed by atoms with Crippen LogP contribution in [0, 0.1) is 12.8 Å². The minimum Gasteiger partial charge on any atom is -0.444 e. The molecule has 0 spiro atoms. The fourth-order valence-electron chi connectivity index (χ4n) is 2.67. The number of esters is 1. The number of urea groups is 1. The van der Waals surface area contributed by atoms with E-state index in [1.165, 1.54) is 0 Å². The third kappa shape index (κ3) is 12.7. The molecule has 3 amide bonds. The van der Waals surface area contributed by atoms with Crippen LogP contribution in [0.25, 0.3) is 0 Å². The van der Waals surface area contributed by atoms with Gasteiger partial charge in [0.1, 0.15) is 11.6 Å². The Hall–Kier alpha value is -3.30. The van der Waals surface area contributed by atoms with Gasteiger partial charge in [-0.05, 0) is 64.5 Å². The quantitative estimate of drug-likeness (QED) is 0.255. The highest BCUT2D eigenvalue weighted by Gasteiger charge is 2.27. The second-order valence-corrected chi connectivity index (χ2v) is 9.27. The molecule has 0 radical (unpaired) electrons. The second-order valence-electron chi connectivity index (χ2n) is 9.27. The molecular formula is C24H37N3O7. The Morgan fingerprint density at radius 2 is 1.71 bits per heavy atom. The average Bonchev–Trinajstić information content (AvgIpc) is 2.71. The molecule has 0 aliphatic heterocycles. The predicted molar refractivity (Wildman–Crippen MR) is 127 cm³/mol. The number of aryl methyl sites for hydroxylation is 1. The molecule has 10 heteroatoms. The van der Waals surface area contributed by atoms with Gasteiger partial charge in [-0.3, -0.25) is 0 Å². The number of amides is 3. The van der Waals surface area contributed by atoms with E-state index < -0.39 is 29.9 Å². The summed E-state index contributed by atoms with van der Waals surface area (Å²) in [5, 5.41) is 7.95. The van der Waals surface area contributed by atoms with Gasteiger partial charge in [-0.25, -0.2) is 19.2 Å². The lowest BCUT2D eigenvalue weighted by molar-refractivity contribution is -0.142. The lowest BCUT2D eigenvalue weighted by atomic mass is 10.1. The van der Waals surface area contributed by atoms with Crippen LogP contribution in [0.1, 0.15) is 59.4 Å². The molecule has 0 unspecified atom stereocenters. The van der Waals surface area contributed by atoms with Crippen molar-refractivity contribution in [2.75, 3.05) is 18.5 Å². The van der Waals surface area contributed by atoms with Gasteiger partial charge in [-0.1, -0.05) is 32.0 Å². The van der Waals surface area contributed by atoms with Crippen LogP contribution in [0.5, 0.6) is 0 Å². The molecule has 1 atom stereocenters. The Kier molecular flexibility index (Phi) is 11.9.